The van der Waals surface area contributed by atoms with Gasteiger partial charge in [-0.15, -0.1) is 0 Å². The molecule has 134 valence electrons. The molecule has 23 heavy (non-hydrogen) atoms. The summed E-state index contributed by atoms with van der Waals surface area (Å²) < 4.78 is 11.6. The number of unbranched alkanes of at least 4 members (excludes halogenated alkanes) is 2. The predicted molar refractivity (Wildman–Crippen MR) is 100 cm³/mol. The van der Waals surface area contributed by atoms with Crippen LogP contribution in [0.5, 0.6) is 0 Å². The number of rotatable bonds is 9. The molecule has 0 aliphatic rings. The normalized spacial score (nSPS) is 14.5. The molecule has 0 aliphatic heterocycles. The first-order valence-electron chi connectivity index (χ1n) is 8.55. The third-order valence-electron chi connectivity index (χ3n) is 3.62. The molecule has 0 saturated carbocycles. The summed E-state index contributed by atoms with van der Waals surface area (Å²) in [7, 11) is 0. The summed E-state index contributed by atoms with van der Waals surface area (Å²) in [5.41, 5.74) is 7.85. The van der Waals surface area contributed by atoms with Gasteiger partial charge < -0.3 is 15.2 Å². The SMILES string of the molecule is C=C/C(N)=C(\C=C(/C)C(C)(C)C)OCCCCCOC(C)(C)C. The molecule has 0 heterocycles. The Morgan fingerprint density at radius 1 is 1.00 bits per heavy atom. The fraction of sp³-hybridized carbons (Fsp3) is 0.700. The van der Waals surface area contributed by atoms with Crippen molar-refractivity contribution < 1.29 is 9.47 Å². The minimum Gasteiger partial charge on any atom is -0.491 e. The lowest BCUT2D eigenvalue weighted by atomic mass is 9.87. The zero-order chi connectivity index (χ0) is 18.1. The molecule has 0 aromatic heterocycles. The Kier molecular flexibility index (Phi) is 9.29. The van der Waals surface area contributed by atoms with Crippen molar-refractivity contribution in [2.75, 3.05) is 13.2 Å². The third-order valence-corrected chi connectivity index (χ3v) is 3.62. The Morgan fingerprint density at radius 2 is 1.57 bits per heavy atom. The number of ether oxygens (including phenoxy) is 2. The van der Waals surface area contributed by atoms with Crippen LogP contribution in [0.3, 0.4) is 0 Å². The van der Waals surface area contributed by atoms with Crippen LogP contribution < -0.4 is 5.73 Å². The summed E-state index contributed by atoms with van der Waals surface area (Å²) in [5, 5.41) is 0. The highest BCUT2D eigenvalue weighted by molar-refractivity contribution is 5.29. The van der Waals surface area contributed by atoms with Gasteiger partial charge in [-0.05, 0) is 64.5 Å². The van der Waals surface area contributed by atoms with Crippen LogP contribution in [0, 0.1) is 5.41 Å². The summed E-state index contributed by atoms with van der Waals surface area (Å²) in [6.07, 6.45) is 6.79. The quantitative estimate of drug-likeness (QED) is 0.354. The summed E-state index contributed by atoms with van der Waals surface area (Å²) in [4.78, 5) is 0. The monoisotopic (exact) mass is 323 g/mol. The van der Waals surface area contributed by atoms with Crippen molar-refractivity contribution in [1.29, 1.82) is 0 Å². The molecular weight excluding hydrogens is 286 g/mol. The molecule has 0 aromatic rings. The van der Waals surface area contributed by atoms with Crippen LogP contribution in [-0.4, -0.2) is 18.8 Å². The van der Waals surface area contributed by atoms with Crippen LogP contribution in [0.2, 0.25) is 0 Å². The lowest BCUT2D eigenvalue weighted by molar-refractivity contribution is -0.00507. The van der Waals surface area contributed by atoms with Gasteiger partial charge in [-0.1, -0.05) is 32.9 Å². The van der Waals surface area contributed by atoms with E-state index in [1.165, 1.54) is 5.57 Å². The van der Waals surface area contributed by atoms with E-state index < -0.39 is 0 Å². The number of nitrogens with two attached hydrogens (primary N) is 1. The van der Waals surface area contributed by atoms with Gasteiger partial charge in [0.05, 0.1) is 17.9 Å². The van der Waals surface area contributed by atoms with Crippen LogP contribution >= 0.6 is 0 Å². The van der Waals surface area contributed by atoms with Crippen LogP contribution in [-0.2, 0) is 9.47 Å². The lowest BCUT2D eigenvalue weighted by Gasteiger charge is -2.21. The fourth-order valence-electron chi connectivity index (χ4n) is 1.66. The van der Waals surface area contributed by atoms with Crippen molar-refractivity contribution in [1.82, 2.24) is 0 Å². The second kappa shape index (κ2) is 9.82. The molecular formula is C20H37NO2. The molecule has 3 heteroatoms. The average molecular weight is 324 g/mol. The van der Waals surface area contributed by atoms with Crippen molar-refractivity contribution in [2.24, 2.45) is 11.1 Å². The van der Waals surface area contributed by atoms with E-state index in [4.69, 9.17) is 15.2 Å². The van der Waals surface area contributed by atoms with Gasteiger partial charge in [0.1, 0.15) is 5.76 Å². The van der Waals surface area contributed by atoms with Crippen molar-refractivity contribution >= 4 is 0 Å². The van der Waals surface area contributed by atoms with Gasteiger partial charge in [-0.2, -0.15) is 0 Å². The first-order chi connectivity index (χ1) is 10.5. The molecule has 0 radical (unpaired) electrons. The number of hydrogen-bond donors (Lipinski definition) is 1. The van der Waals surface area contributed by atoms with Gasteiger partial charge >= 0.3 is 0 Å². The van der Waals surface area contributed by atoms with Crippen molar-refractivity contribution in [3.05, 3.63) is 35.8 Å². The van der Waals surface area contributed by atoms with Gasteiger partial charge in [0.25, 0.3) is 0 Å². The van der Waals surface area contributed by atoms with E-state index in [1.807, 2.05) is 6.08 Å². The minimum atomic E-state index is -0.0555. The molecule has 2 N–H and O–H groups in total. The van der Waals surface area contributed by atoms with E-state index in [1.54, 1.807) is 6.08 Å². The summed E-state index contributed by atoms with van der Waals surface area (Å²) >= 11 is 0. The van der Waals surface area contributed by atoms with Gasteiger partial charge in [-0.25, -0.2) is 0 Å². The molecule has 0 amide bonds. The molecule has 0 saturated heterocycles. The van der Waals surface area contributed by atoms with Gasteiger partial charge in [0.2, 0.25) is 0 Å². The zero-order valence-corrected chi connectivity index (χ0v) is 16.3. The molecule has 0 unspecified atom stereocenters. The van der Waals surface area contributed by atoms with E-state index in [0.717, 1.165) is 31.6 Å². The topological polar surface area (TPSA) is 44.5 Å². The molecule has 0 spiro atoms. The standard InChI is InChI=1S/C20H37NO2/c1-9-17(21)18(15-16(2)19(3,4)5)22-13-11-10-12-14-23-20(6,7)8/h9,15H,1,10-14,21H2,2-8H3/b16-15+,18-17-. The van der Waals surface area contributed by atoms with E-state index >= 15 is 0 Å². The molecule has 0 fully saturated rings. The van der Waals surface area contributed by atoms with Crippen LogP contribution in [0.25, 0.3) is 0 Å². The predicted octanol–water partition coefficient (Wildman–Crippen LogP) is 5.34. The lowest BCUT2D eigenvalue weighted by Crippen LogP contribution is -2.19. The maximum absolute atomic E-state index is 5.99. The van der Waals surface area contributed by atoms with Crippen LogP contribution in [0.15, 0.2) is 35.8 Å². The zero-order valence-electron chi connectivity index (χ0n) is 16.3. The van der Waals surface area contributed by atoms with Crippen molar-refractivity contribution in [2.45, 2.75) is 73.3 Å². The molecule has 3 nitrogen and oxygen atoms in total. The summed E-state index contributed by atoms with van der Waals surface area (Å²) in [6, 6.07) is 0. The average Bonchev–Trinajstić information content (AvgIpc) is 2.41. The van der Waals surface area contributed by atoms with Gasteiger partial charge in [0.15, 0.2) is 0 Å². The Hall–Kier alpha value is -1.22. The maximum atomic E-state index is 5.99. The Bertz CT molecular complexity index is 420. The maximum Gasteiger partial charge on any atom is 0.142 e. The molecule has 0 rings (SSSR count). The number of hydrogen-bond acceptors (Lipinski definition) is 3. The van der Waals surface area contributed by atoms with Gasteiger partial charge in [0, 0.05) is 6.61 Å². The molecule has 0 bridgehead atoms. The highest BCUT2D eigenvalue weighted by Gasteiger charge is 2.14. The Morgan fingerprint density at radius 3 is 2.04 bits per heavy atom. The Balaban J connectivity index is 4.34. The highest BCUT2D eigenvalue weighted by atomic mass is 16.5. The van der Waals surface area contributed by atoms with E-state index in [2.05, 4.69) is 55.0 Å². The van der Waals surface area contributed by atoms with E-state index in [9.17, 15) is 0 Å². The largest absolute Gasteiger partial charge is 0.491 e. The van der Waals surface area contributed by atoms with Crippen LogP contribution in [0.1, 0.15) is 67.7 Å². The smallest absolute Gasteiger partial charge is 0.142 e. The highest BCUT2D eigenvalue weighted by Crippen LogP contribution is 2.26. The summed E-state index contributed by atoms with van der Waals surface area (Å²) in [5.74, 6) is 0.721. The van der Waals surface area contributed by atoms with Gasteiger partial charge in [-0.3, -0.25) is 0 Å². The second-order valence-electron chi connectivity index (χ2n) is 7.97. The number of allylic oxidation sites excluding steroid dienone is 3. The minimum absolute atomic E-state index is 0.0555. The fourth-order valence-corrected chi connectivity index (χ4v) is 1.66. The molecule has 0 aliphatic carbocycles. The second-order valence-corrected chi connectivity index (χ2v) is 7.97. The third kappa shape index (κ3) is 11.0. The van der Waals surface area contributed by atoms with Crippen molar-refractivity contribution in [3.8, 4) is 0 Å². The van der Waals surface area contributed by atoms with Crippen LogP contribution in [0.4, 0.5) is 0 Å². The molecule has 0 atom stereocenters. The molecule has 0 aromatic carbocycles. The van der Waals surface area contributed by atoms with Crippen molar-refractivity contribution in [3.63, 3.8) is 0 Å². The summed E-state index contributed by atoms with van der Waals surface area (Å²) in [6.45, 7) is 20.1. The first kappa shape index (κ1) is 21.8. The Labute approximate surface area is 143 Å². The first-order valence-corrected chi connectivity index (χ1v) is 8.55. The van der Waals surface area contributed by atoms with E-state index in [-0.39, 0.29) is 11.0 Å². The van der Waals surface area contributed by atoms with E-state index in [0.29, 0.717) is 12.3 Å².